The Morgan fingerprint density at radius 1 is 0.828 bits per heavy atom. The van der Waals surface area contributed by atoms with Gasteiger partial charge in [-0.25, -0.2) is 8.42 Å². The zero-order valence-corrected chi connectivity index (χ0v) is 18.4. The molecule has 0 radical (unpaired) electrons. The third-order valence-corrected chi connectivity index (χ3v) is 6.56. The minimum Gasteiger partial charge on any atom is -0.354 e. The summed E-state index contributed by atoms with van der Waals surface area (Å²) in [6.07, 6.45) is 1.16. The van der Waals surface area contributed by atoms with E-state index in [-0.39, 0.29) is 16.5 Å². The first-order valence-corrected chi connectivity index (χ1v) is 11.3. The Balaban J connectivity index is 2.10. The highest BCUT2D eigenvalue weighted by molar-refractivity contribution is 7.90. The van der Waals surface area contributed by atoms with Crippen molar-refractivity contribution in [3.8, 4) is 11.1 Å². The molecule has 0 N–H and O–H groups in total. The van der Waals surface area contributed by atoms with Crippen LogP contribution in [0.25, 0.3) is 11.1 Å². The Kier molecular flexibility index (Phi) is 5.08. The molecule has 154 valence electrons. The fourth-order valence-electron chi connectivity index (χ4n) is 3.86. The van der Waals surface area contributed by atoms with Crippen molar-refractivity contribution in [3.63, 3.8) is 0 Å². The lowest BCUT2D eigenvalue weighted by atomic mass is 9.73. The van der Waals surface area contributed by atoms with Gasteiger partial charge in [-0.05, 0) is 75.1 Å². The average molecular weight is 415 g/mol. The van der Waals surface area contributed by atoms with Crippen molar-refractivity contribution in [1.82, 2.24) is 0 Å². The van der Waals surface area contributed by atoms with Gasteiger partial charge in [0.05, 0.1) is 4.90 Å². The smallest absolute Gasteiger partial charge is 0.179 e. The molecule has 1 saturated heterocycles. The van der Waals surface area contributed by atoms with Gasteiger partial charge in [-0.15, -0.1) is 0 Å². The third kappa shape index (κ3) is 3.91. The zero-order chi connectivity index (χ0) is 21.8. The number of carbonyl (C=O) groups is 2. The summed E-state index contributed by atoms with van der Waals surface area (Å²) < 4.78 is 29.2. The number of ketones is 2. The van der Waals surface area contributed by atoms with E-state index in [1.807, 2.05) is 25.1 Å². The van der Waals surface area contributed by atoms with Gasteiger partial charge in [0.25, 0.3) is 0 Å². The Hall–Kier alpha value is -2.31. The highest BCUT2D eigenvalue weighted by atomic mass is 32.2. The van der Waals surface area contributed by atoms with Crippen molar-refractivity contribution in [3.05, 3.63) is 53.6 Å². The summed E-state index contributed by atoms with van der Waals surface area (Å²) in [6, 6.07) is 12.2. The van der Waals surface area contributed by atoms with Crippen LogP contribution in [-0.2, 0) is 24.2 Å². The summed E-state index contributed by atoms with van der Waals surface area (Å²) in [5.74, 6) is -1.41. The molecule has 1 aliphatic heterocycles. The predicted molar refractivity (Wildman–Crippen MR) is 112 cm³/mol. The van der Waals surface area contributed by atoms with E-state index in [9.17, 15) is 18.0 Å². The van der Waals surface area contributed by atoms with Crippen LogP contribution in [0.5, 0.6) is 0 Å². The first-order chi connectivity index (χ1) is 13.2. The Morgan fingerprint density at radius 3 is 1.79 bits per heavy atom. The third-order valence-electron chi connectivity index (χ3n) is 5.43. The number of aryl methyl sites for hydroxylation is 1. The summed E-state index contributed by atoms with van der Waals surface area (Å²) in [5, 5.41) is 0. The van der Waals surface area contributed by atoms with Gasteiger partial charge in [0.2, 0.25) is 0 Å². The van der Waals surface area contributed by atoms with Crippen LogP contribution in [0.4, 0.5) is 0 Å². The number of benzene rings is 2. The monoisotopic (exact) mass is 414 g/mol. The fourth-order valence-corrected chi connectivity index (χ4v) is 4.49. The van der Waals surface area contributed by atoms with E-state index in [1.54, 1.807) is 52.0 Å². The van der Waals surface area contributed by atoms with E-state index in [0.29, 0.717) is 5.56 Å². The number of sulfone groups is 1. The summed E-state index contributed by atoms with van der Waals surface area (Å²) in [6.45, 7) is 8.65. The largest absolute Gasteiger partial charge is 0.354 e. The predicted octanol–water partition coefficient (Wildman–Crippen LogP) is 3.87. The average Bonchev–Trinajstić information content (AvgIpc) is 2.60. The molecule has 5 nitrogen and oxygen atoms in total. The standard InChI is InChI=1S/C23H26O5S/c1-14-7-8-16(15-9-11-17(12-10-15)29(6,26)27)13-18(14)19-20(24)22(2,3)28-23(4,5)21(19)25/h7-13,19H,1-6H3. The maximum atomic E-state index is 13.1. The number of rotatable bonds is 3. The normalized spacial score (nSPS) is 19.4. The van der Waals surface area contributed by atoms with Crippen molar-refractivity contribution >= 4 is 21.4 Å². The second-order valence-electron chi connectivity index (χ2n) is 8.65. The van der Waals surface area contributed by atoms with Crippen LogP contribution in [0.2, 0.25) is 0 Å². The second kappa shape index (κ2) is 6.89. The highest BCUT2D eigenvalue weighted by Gasteiger charge is 2.53. The molecular weight excluding hydrogens is 388 g/mol. The van der Waals surface area contributed by atoms with E-state index in [1.165, 1.54) is 0 Å². The van der Waals surface area contributed by atoms with Gasteiger partial charge in [-0.1, -0.05) is 24.3 Å². The van der Waals surface area contributed by atoms with Gasteiger partial charge in [-0.3, -0.25) is 9.59 Å². The van der Waals surface area contributed by atoms with Crippen LogP contribution in [-0.4, -0.2) is 37.4 Å². The maximum Gasteiger partial charge on any atom is 0.179 e. The highest BCUT2D eigenvalue weighted by Crippen LogP contribution is 2.40. The number of hydrogen-bond acceptors (Lipinski definition) is 5. The van der Waals surface area contributed by atoms with E-state index in [0.717, 1.165) is 22.9 Å². The lowest BCUT2D eigenvalue weighted by molar-refractivity contribution is -0.184. The van der Waals surface area contributed by atoms with Crippen LogP contribution in [0.1, 0.15) is 44.7 Å². The molecule has 0 atom stereocenters. The van der Waals surface area contributed by atoms with Crippen molar-refractivity contribution < 1.29 is 22.7 Å². The van der Waals surface area contributed by atoms with Crippen molar-refractivity contribution in [2.75, 3.05) is 6.26 Å². The van der Waals surface area contributed by atoms with Crippen LogP contribution in [0, 0.1) is 6.92 Å². The topological polar surface area (TPSA) is 77.5 Å². The lowest BCUT2D eigenvalue weighted by Crippen LogP contribution is -2.58. The molecule has 0 amide bonds. The SMILES string of the molecule is Cc1ccc(-c2ccc(S(C)(=O)=O)cc2)cc1C1C(=O)C(C)(C)OC(C)(C)C1=O. The molecule has 0 bridgehead atoms. The number of carbonyl (C=O) groups excluding carboxylic acids is 2. The zero-order valence-electron chi connectivity index (χ0n) is 17.6. The number of Topliss-reactive ketones (excluding diaryl/α,β-unsaturated/α-hetero) is 2. The quantitative estimate of drug-likeness (QED) is 0.713. The van der Waals surface area contributed by atoms with Gasteiger partial charge in [-0.2, -0.15) is 0 Å². The molecule has 0 saturated carbocycles. The minimum absolute atomic E-state index is 0.242. The molecule has 1 aliphatic rings. The van der Waals surface area contributed by atoms with Gasteiger partial charge < -0.3 is 4.74 Å². The maximum absolute atomic E-state index is 13.1. The summed E-state index contributed by atoms with van der Waals surface area (Å²) in [4.78, 5) is 26.4. The van der Waals surface area contributed by atoms with E-state index < -0.39 is 27.0 Å². The molecule has 0 aromatic heterocycles. The molecule has 6 heteroatoms. The minimum atomic E-state index is -3.28. The fraction of sp³-hybridized carbons (Fsp3) is 0.391. The Morgan fingerprint density at radius 2 is 1.31 bits per heavy atom. The molecule has 2 aromatic rings. The van der Waals surface area contributed by atoms with Crippen molar-refractivity contribution in [2.24, 2.45) is 0 Å². The number of hydrogen-bond donors (Lipinski definition) is 0. The van der Waals surface area contributed by atoms with Crippen LogP contribution in [0.15, 0.2) is 47.4 Å². The van der Waals surface area contributed by atoms with Gasteiger partial charge in [0, 0.05) is 6.26 Å². The Labute approximate surface area is 172 Å². The van der Waals surface area contributed by atoms with Crippen LogP contribution < -0.4 is 0 Å². The number of ether oxygens (including phenoxy) is 1. The van der Waals surface area contributed by atoms with Gasteiger partial charge in [0.1, 0.15) is 17.1 Å². The van der Waals surface area contributed by atoms with Crippen LogP contribution in [0.3, 0.4) is 0 Å². The van der Waals surface area contributed by atoms with E-state index in [4.69, 9.17) is 4.74 Å². The van der Waals surface area contributed by atoms with Gasteiger partial charge >= 0.3 is 0 Å². The summed E-state index contributed by atoms with van der Waals surface area (Å²) in [5.41, 5.74) is 0.997. The molecular formula is C23H26O5S. The van der Waals surface area contributed by atoms with E-state index in [2.05, 4.69) is 0 Å². The molecule has 1 fully saturated rings. The summed E-state index contributed by atoms with van der Waals surface area (Å²) >= 11 is 0. The molecule has 1 heterocycles. The Bertz CT molecular complexity index is 1070. The van der Waals surface area contributed by atoms with Crippen molar-refractivity contribution in [2.45, 2.75) is 56.6 Å². The molecule has 2 aromatic carbocycles. The molecule has 29 heavy (non-hydrogen) atoms. The second-order valence-corrected chi connectivity index (χ2v) is 10.7. The molecule has 0 spiro atoms. The molecule has 3 rings (SSSR count). The summed E-state index contributed by atoms with van der Waals surface area (Å²) in [7, 11) is -3.28. The molecule has 0 unspecified atom stereocenters. The molecule has 0 aliphatic carbocycles. The lowest BCUT2D eigenvalue weighted by Gasteiger charge is -2.43. The van der Waals surface area contributed by atoms with E-state index >= 15 is 0 Å². The first-order valence-electron chi connectivity index (χ1n) is 9.44. The van der Waals surface area contributed by atoms with Gasteiger partial charge in [0.15, 0.2) is 21.4 Å². The van der Waals surface area contributed by atoms with Crippen molar-refractivity contribution in [1.29, 1.82) is 0 Å². The first kappa shape index (κ1) is 21.4. The van der Waals surface area contributed by atoms with Crippen LogP contribution >= 0.6 is 0 Å².